The normalized spacial score (nSPS) is 12.9. The number of thioether (sulfide) groups is 1. The maximum Gasteiger partial charge on any atom is 0.191 e. The molecule has 20 heavy (non-hydrogen) atoms. The number of nitrogens with one attached hydrogen (secondary N) is 2. The zero-order chi connectivity index (χ0) is 14.8. The quantitative estimate of drug-likeness (QED) is 0.598. The van der Waals surface area contributed by atoms with Gasteiger partial charge in [0.1, 0.15) is 5.75 Å². The molecule has 1 unspecified atom stereocenters. The fourth-order valence-electron chi connectivity index (χ4n) is 1.66. The molecule has 1 aromatic carbocycles. The summed E-state index contributed by atoms with van der Waals surface area (Å²) in [5, 5.41) is 7.23. The van der Waals surface area contributed by atoms with Crippen molar-refractivity contribution in [2.24, 2.45) is 4.99 Å². The van der Waals surface area contributed by atoms with Crippen molar-refractivity contribution in [1.29, 1.82) is 0 Å². The number of hydrogen-bond acceptors (Lipinski definition) is 3. The molecule has 0 aliphatic heterocycles. The molecular formula is C15H25N3OS. The van der Waals surface area contributed by atoms with E-state index in [1.807, 2.05) is 23.9 Å². The molecule has 0 saturated carbocycles. The van der Waals surface area contributed by atoms with E-state index in [9.17, 15) is 0 Å². The first-order chi connectivity index (χ1) is 9.69. The smallest absolute Gasteiger partial charge is 0.191 e. The van der Waals surface area contributed by atoms with Crippen molar-refractivity contribution in [3.05, 3.63) is 29.8 Å². The molecule has 0 heterocycles. The molecule has 0 aliphatic rings. The molecule has 0 saturated heterocycles. The average molecular weight is 295 g/mol. The van der Waals surface area contributed by atoms with E-state index in [0.717, 1.165) is 31.2 Å². The third-order valence-electron chi connectivity index (χ3n) is 3.05. The summed E-state index contributed by atoms with van der Waals surface area (Å²) in [6, 6.07) is 8.16. The Bertz CT molecular complexity index is 406. The molecule has 0 bridgehead atoms. The molecule has 2 N–H and O–H groups in total. The van der Waals surface area contributed by atoms with Crippen molar-refractivity contribution >= 4 is 17.7 Å². The predicted molar refractivity (Wildman–Crippen MR) is 89.0 cm³/mol. The molecule has 0 radical (unpaired) electrons. The van der Waals surface area contributed by atoms with E-state index in [1.54, 1.807) is 14.2 Å². The molecule has 0 fully saturated rings. The Kier molecular flexibility index (Phi) is 7.95. The third kappa shape index (κ3) is 6.19. The lowest BCUT2D eigenvalue weighted by Crippen LogP contribution is -2.40. The highest BCUT2D eigenvalue weighted by molar-refractivity contribution is 7.99. The first-order valence-electron chi connectivity index (χ1n) is 6.79. The Labute approximate surface area is 126 Å². The van der Waals surface area contributed by atoms with Crippen molar-refractivity contribution in [3.63, 3.8) is 0 Å². The number of guanidine groups is 1. The molecule has 1 aromatic rings. The van der Waals surface area contributed by atoms with Crippen LogP contribution in [0.25, 0.3) is 0 Å². The third-order valence-corrected chi connectivity index (χ3v) is 4.02. The van der Waals surface area contributed by atoms with Gasteiger partial charge < -0.3 is 15.4 Å². The summed E-state index contributed by atoms with van der Waals surface area (Å²) in [5.74, 6) is 1.75. The Morgan fingerprint density at radius 3 is 2.55 bits per heavy atom. The Morgan fingerprint density at radius 2 is 2.00 bits per heavy atom. The van der Waals surface area contributed by atoms with E-state index in [0.29, 0.717) is 5.25 Å². The maximum absolute atomic E-state index is 5.15. The number of hydrogen-bond donors (Lipinski definition) is 2. The van der Waals surface area contributed by atoms with Crippen LogP contribution in [0.4, 0.5) is 0 Å². The molecule has 112 valence electrons. The lowest BCUT2D eigenvalue weighted by molar-refractivity contribution is 0.414. The van der Waals surface area contributed by atoms with Gasteiger partial charge in [-0.2, -0.15) is 11.8 Å². The molecule has 0 spiro atoms. The highest BCUT2D eigenvalue weighted by Gasteiger charge is 2.02. The van der Waals surface area contributed by atoms with Crippen molar-refractivity contribution < 1.29 is 4.74 Å². The van der Waals surface area contributed by atoms with Gasteiger partial charge in [0.2, 0.25) is 0 Å². The summed E-state index contributed by atoms with van der Waals surface area (Å²) in [5.41, 5.74) is 1.28. The largest absolute Gasteiger partial charge is 0.497 e. The average Bonchev–Trinajstić information content (AvgIpc) is 2.50. The van der Waals surface area contributed by atoms with E-state index in [4.69, 9.17) is 4.74 Å². The van der Waals surface area contributed by atoms with Gasteiger partial charge in [-0.1, -0.05) is 19.1 Å². The van der Waals surface area contributed by atoms with Crippen LogP contribution < -0.4 is 15.4 Å². The second-order valence-corrected chi connectivity index (χ2v) is 5.80. The van der Waals surface area contributed by atoms with Gasteiger partial charge in [-0.15, -0.1) is 0 Å². The monoisotopic (exact) mass is 295 g/mol. The molecular weight excluding hydrogens is 270 g/mol. The SMILES string of the molecule is CN=C(NCCc1ccc(OC)cc1)NCC(C)SC. The van der Waals surface area contributed by atoms with Crippen molar-refractivity contribution in [2.75, 3.05) is 33.5 Å². The molecule has 1 rings (SSSR count). The van der Waals surface area contributed by atoms with Crippen LogP contribution in [-0.2, 0) is 6.42 Å². The van der Waals surface area contributed by atoms with Crippen LogP contribution in [0.3, 0.4) is 0 Å². The topological polar surface area (TPSA) is 45.7 Å². The zero-order valence-corrected chi connectivity index (χ0v) is 13.6. The lowest BCUT2D eigenvalue weighted by Gasteiger charge is -2.14. The van der Waals surface area contributed by atoms with Crippen molar-refractivity contribution in [3.8, 4) is 5.75 Å². The summed E-state index contributed by atoms with van der Waals surface area (Å²) < 4.78 is 5.15. The van der Waals surface area contributed by atoms with Gasteiger partial charge >= 0.3 is 0 Å². The second-order valence-electron chi connectivity index (χ2n) is 4.52. The number of ether oxygens (including phenoxy) is 1. The number of aliphatic imine (C=N–C) groups is 1. The van der Waals surface area contributed by atoms with Crippen molar-refractivity contribution in [2.45, 2.75) is 18.6 Å². The van der Waals surface area contributed by atoms with Crippen LogP contribution >= 0.6 is 11.8 Å². The summed E-state index contributed by atoms with van der Waals surface area (Å²) in [6.45, 7) is 3.98. The minimum atomic E-state index is 0.579. The fraction of sp³-hybridized carbons (Fsp3) is 0.533. The molecule has 1 atom stereocenters. The molecule has 0 amide bonds. The highest BCUT2D eigenvalue weighted by Crippen LogP contribution is 2.11. The zero-order valence-electron chi connectivity index (χ0n) is 12.8. The molecule has 4 nitrogen and oxygen atoms in total. The van der Waals surface area contributed by atoms with Crippen LogP contribution in [0.15, 0.2) is 29.3 Å². The predicted octanol–water partition coefficient (Wildman–Crippen LogP) is 2.15. The van der Waals surface area contributed by atoms with Gasteiger partial charge in [0, 0.05) is 25.4 Å². The highest BCUT2D eigenvalue weighted by atomic mass is 32.2. The van der Waals surface area contributed by atoms with Crippen LogP contribution in [0, 0.1) is 0 Å². The lowest BCUT2D eigenvalue weighted by atomic mass is 10.1. The Hall–Kier alpha value is -1.36. The summed E-state index contributed by atoms with van der Waals surface area (Å²) in [6.07, 6.45) is 3.08. The van der Waals surface area contributed by atoms with Crippen LogP contribution in [0.5, 0.6) is 5.75 Å². The Morgan fingerprint density at radius 1 is 1.30 bits per heavy atom. The van der Waals surface area contributed by atoms with Crippen LogP contribution in [-0.4, -0.2) is 44.7 Å². The number of rotatable bonds is 7. The van der Waals surface area contributed by atoms with E-state index < -0.39 is 0 Å². The van der Waals surface area contributed by atoms with E-state index >= 15 is 0 Å². The van der Waals surface area contributed by atoms with Gasteiger partial charge in [-0.3, -0.25) is 4.99 Å². The first-order valence-corrected chi connectivity index (χ1v) is 8.08. The van der Waals surface area contributed by atoms with Gasteiger partial charge in [0.05, 0.1) is 7.11 Å². The fourth-order valence-corrected chi connectivity index (χ4v) is 1.91. The van der Waals surface area contributed by atoms with Crippen molar-refractivity contribution in [1.82, 2.24) is 10.6 Å². The minimum absolute atomic E-state index is 0.579. The Balaban J connectivity index is 2.30. The minimum Gasteiger partial charge on any atom is -0.497 e. The number of nitrogens with zero attached hydrogens (tertiary/aromatic N) is 1. The van der Waals surface area contributed by atoms with E-state index in [-0.39, 0.29) is 0 Å². The summed E-state index contributed by atoms with van der Waals surface area (Å²) in [4.78, 5) is 4.22. The van der Waals surface area contributed by atoms with Crippen LogP contribution in [0.2, 0.25) is 0 Å². The second kappa shape index (κ2) is 9.53. The molecule has 0 aliphatic carbocycles. The number of benzene rings is 1. The van der Waals surface area contributed by atoms with E-state index in [1.165, 1.54) is 5.56 Å². The molecule has 0 aromatic heterocycles. The number of methoxy groups -OCH3 is 1. The van der Waals surface area contributed by atoms with Crippen LogP contribution in [0.1, 0.15) is 12.5 Å². The summed E-state index contributed by atoms with van der Waals surface area (Å²) in [7, 11) is 3.48. The first kappa shape index (κ1) is 16.7. The van der Waals surface area contributed by atoms with Gasteiger partial charge in [-0.05, 0) is 30.4 Å². The van der Waals surface area contributed by atoms with E-state index in [2.05, 4.69) is 40.9 Å². The molecule has 5 heteroatoms. The maximum atomic E-state index is 5.15. The van der Waals surface area contributed by atoms with Gasteiger partial charge in [0.25, 0.3) is 0 Å². The standard InChI is InChI=1S/C15H25N3OS/c1-12(20-4)11-18-15(16-2)17-10-9-13-5-7-14(19-3)8-6-13/h5-8,12H,9-11H2,1-4H3,(H2,16,17,18). The summed E-state index contributed by atoms with van der Waals surface area (Å²) >= 11 is 1.84. The van der Waals surface area contributed by atoms with Gasteiger partial charge in [-0.25, -0.2) is 0 Å². The van der Waals surface area contributed by atoms with Gasteiger partial charge in [0.15, 0.2) is 5.96 Å².